The van der Waals surface area contributed by atoms with Crippen molar-refractivity contribution in [1.29, 1.82) is 0 Å². The Morgan fingerprint density at radius 3 is 1.74 bits per heavy atom. The smallest absolute Gasteiger partial charge is 0.460 e. The predicted octanol–water partition coefficient (Wildman–Crippen LogP) is 3.02. The van der Waals surface area contributed by atoms with Crippen LogP contribution >= 0.6 is 0 Å². The van der Waals surface area contributed by atoms with Gasteiger partial charge in [-0.2, -0.15) is 0 Å². The molecule has 0 rings (SSSR count). The van der Waals surface area contributed by atoms with Gasteiger partial charge in [-0.15, -0.1) is 0 Å². The normalized spacial score (nSPS) is 11.5. The zero-order chi connectivity index (χ0) is 26.0. The van der Waals surface area contributed by atoms with Gasteiger partial charge < -0.3 is 38.1 Å². The Balaban J connectivity index is 4.18. The van der Waals surface area contributed by atoms with Crippen molar-refractivity contribution in [2.75, 3.05) is 52.7 Å². The molecule has 0 aromatic carbocycles. The largest absolute Gasteiger partial charge is 0.500 e. The van der Waals surface area contributed by atoms with Crippen molar-refractivity contribution in [2.45, 2.75) is 54.0 Å². The van der Waals surface area contributed by atoms with Gasteiger partial charge in [-0.05, 0) is 34.1 Å². The summed E-state index contributed by atoms with van der Waals surface area (Å²) in [5, 5.41) is 5.17. The Kier molecular flexibility index (Phi) is 16.2. The number of hydrogen-bond acceptors (Lipinski definition) is 9. The van der Waals surface area contributed by atoms with E-state index >= 15 is 0 Å². The third-order valence-corrected chi connectivity index (χ3v) is 7.31. The summed E-state index contributed by atoms with van der Waals surface area (Å²) in [5.74, 6) is -0.522. The molecule has 11 nitrogen and oxygen atoms in total. The van der Waals surface area contributed by atoms with Crippen molar-refractivity contribution in [3.8, 4) is 0 Å². The monoisotopic (exact) mass is 506 g/mol. The van der Waals surface area contributed by atoms with Gasteiger partial charge in [-0.25, -0.2) is 14.4 Å². The maximum atomic E-state index is 12.0. The molecule has 0 saturated heterocycles. The van der Waals surface area contributed by atoms with E-state index in [1.165, 1.54) is 6.92 Å². The highest BCUT2D eigenvalue weighted by atomic mass is 28.4. The third kappa shape index (κ3) is 14.9. The molecule has 0 fully saturated rings. The Morgan fingerprint density at radius 2 is 1.29 bits per heavy atom. The summed E-state index contributed by atoms with van der Waals surface area (Å²) in [7, 11) is -2.74. The average Bonchev–Trinajstić information content (AvgIpc) is 2.77. The number of hydrogen-bond donors (Lipinski definition) is 2. The molecule has 0 unspecified atom stereocenters. The van der Waals surface area contributed by atoms with Gasteiger partial charge in [-0.1, -0.05) is 20.4 Å². The molecule has 0 heterocycles. The average molecular weight is 507 g/mol. The van der Waals surface area contributed by atoms with Crippen molar-refractivity contribution in [3.63, 3.8) is 0 Å². The number of carbonyl (C=O) groups is 3. The van der Waals surface area contributed by atoms with Crippen molar-refractivity contribution in [2.24, 2.45) is 5.41 Å². The number of alkyl carbamates (subject to hydrolysis) is 2. The van der Waals surface area contributed by atoms with Gasteiger partial charge in [0.25, 0.3) is 0 Å². The number of rotatable bonds is 18. The van der Waals surface area contributed by atoms with Crippen LogP contribution in [0.1, 0.15) is 48.0 Å². The Morgan fingerprint density at radius 1 is 0.824 bits per heavy atom. The first-order chi connectivity index (χ1) is 16.0. The summed E-state index contributed by atoms with van der Waals surface area (Å²) >= 11 is 0. The van der Waals surface area contributed by atoms with Crippen molar-refractivity contribution >= 4 is 27.0 Å². The van der Waals surface area contributed by atoms with Crippen LogP contribution in [0.25, 0.3) is 0 Å². The maximum Gasteiger partial charge on any atom is 0.500 e. The molecule has 2 N–H and O–H groups in total. The lowest BCUT2D eigenvalue weighted by Crippen LogP contribution is -2.46. The molecular formula is C22H42N2O9Si. The Labute approximate surface area is 204 Å². The van der Waals surface area contributed by atoms with E-state index in [1.807, 2.05) is 20.8 Å². The summed E-state index contributed by atoms with van der Waals surface area (Å²) in [6.45, 7) is 16.4. The van der Waals surface area contributed by atoms with Crippen LogP contribution in [0.4, 0.5) is 9.59 Å². The van der Waals surface area contributed by atoms with Gasteiger partial charge in [0, 0.05) is 43.4 Å². The number of esters is 1. The van der Waals surface area contributed by atoms with Crippen LogP contribution in [0.15, 0.2) is 12.2 Å². The molecule has 0 bridgehead atoms. The van der Waals surface area contributed by atoms with Gasteiger partial charge >= 0.3 is 27.0 Å². The molecule has 0 radical (unpaired) electrons. The predicted molar refractivity (Wildman–Crippen MR) is 128 cm³/mol. The summed E-state index contributed by atoms with van der Waals surface area (Å²) in [6.07, 6.45) is -0.599. The van der Waals surface area contributed by atoms with Gasteiger partial charge in [0.1, 0.15) is 19.8 Å². The van der Waals surface area contributed by atoms with Gasteiger partial charge in [0.05, 0.1) is 6.54 Å². The molecule has 198 valence electrons. The molecule has 0 aliphatic rings. The standard InChI is InChI=1S/C22H42N2O9Si/c1-8-31-34(32-9-2,33-10-3)15-11-12-23-20(26)29-16-22(6,7)17-30-21(27)24-13-14-28-19(25)18(4)5/h4,8-17H2,1-3,5-7H3,(H,23,26)(H,24,27). The summed E-state index contributed by atoms with van der Waals surface area (Å²) < 4.78 is 32.6. The molecule has 0 aromatic heterocycles. The maximum absolute atomic E-state index is 12.0. The van der Waals surface area contributed by atoms with Gasteiger partial charge in [0.15, 0.2) is 0 Å². The first-order valence-electron chi connectivity index (χ1n) is 11.6. The molecule has 0 aliphatic heterocycles. The second-order valence-corrected chi connectivity index (χ2v) is 10.9. The fraction of sp³-hybridized carbons (Fsp3) is 0.773. The molecule has 0 aliphatic carbocycles. The van der Waals surface area contributed by atoms with Crippen molar-refractivity contribution in [3.05, 3.63) is 12.2 Å². The Hall–Kier alpha value is -2.15. The molecule has 0 atom stereocenters. The highest BCUT2D eigenvalue weighted by Crippen LogP contribution is 2.18. The highest BCUT2D eigenvalue weighted by molar-refractivity contribution is 6.60. The quantitative estimate of drug-likeness (QED) is 0.0947. The van der Waals surface area contributed by atoms with Crippen molar-refractivity contribution < 1.29 is 41.9 Å². The van der Waals surface area contributed by atoms with E-state index in [0.29, 0.717) is 38.8 Å². The SMILES string of the molecule is C=C(C)C(=O)OCCNC(=O)OCC(C)(C)COC(=O)NCCC[Si](OCC)(OCC)OCC. The molecular weight excluding hydrogens is 464 g/mol. The van der Waals surface area contributed by atoms with Crippen LogP contribution in [0.2, 0.25) is 6.04 Å². The van der Waals surface area contributed by atoms with E-state index in [0.717, 1.165) is 0 Å². The lowest BCUT2D eigenvalue weighted by molar-refractivity contribution is -0.138. The van der Waals surface area contributed by atoms with E-state index in [4.69, 9.17) is 27.5 Å². The molecule has 0 aromatic rings. The van der Waals surface area contributed by atoms with Crippen LogP contribution < -0.4 is 10.6 Å². The molecule has 0 spiro atoms. The second-order valence-electron chi connectivity index (χ2n) is 8.17. The van der Waals surface area contributed by atoms with Crippen LogP contribution in [-0.2, 0) is 32.3 Å². The number of ether oxygens (including phenoxy) is 3. The molecule has 12 heteroatoms. The molecule has 34 heavy (non-hydrogen) atoms. The van der Waals surface area contributed by atoms with E-state index in [1.54, 1.807) is 13.8 Å². The van der Waals surface area contributed by atoms with Crippen LogP contribution in [-0.4, -0.2) is 79.7 Å². The minimum atomic E-state index is -2.74. The van der Waals surface area contributed by atoms with E-state index < -0.39 is 32.4 Å². The lowest BCUT2D eigenvalue weighted by Gasteiger charge is -2.28. The van der Waals surface area contributed by atoms with E-state index in [2.05, 4.69) is 17.2 Å². The number of amides is 2. The zero-order valence-corrected chi connectivity index (χ0v) is 22.5. The van der Waals surface area contributed by atoms with Gasteiger partial charge in [0.2, 0.25) is 0 Å². The molecule has 2 amide bonds. The minimum Gasteiger partial charge on any atom is -0.460 e. The number of carbonyl (C=O) groups excluding carboxylic acids is 3. The summed E-state index contributed by atoms with van der Waals surface area (Å²) in [4.78, 5) is 35.0. The minimum absolute atomic E-state index is 0.0107. The first-order valence-corrected chi connectivity index (χ1v) is 13.5. The fourth-order valence-corrected chi connectivity index (χ4v) is 5.19. The topological polar surface area (TPSA) is 131 Å². The molecule has 0 saturated carbocycles. The lowest BCUT2D eigenvalue weighted by atomic mass is 9.96. The third-order valence-electron chi connectivity index (χ3n) is 4.16. The van der Waals surface area contributed by atoms with Gasteiger partial charge in [-0.3, -0.25) is 0 Å². The second kappa shape index (κ2) is 17.3. The van der Waals surface area contributed by atoms with Crippen molar-refractivity contribution in [1.82, 2.24) is 10.6 Å². The van der Waals surface area contributed by atoms with E-state index in [9.17, 15) is 14.4 Å². The first kappa shape index (κ1) is 31.8. The zero-order valence-electron chi connectivity index (χ0n) is 21.5. The summed E-state index contributed by atoms with van der Waals surface area (Å²) in [6, 6.07) is 0.587. The highest BCUT2D eigenvalue weighted by Gasteiger charge is 2.39. The van der Waals surface area contributed by atoms with Crippen LogP contribution in [0.5, 0.6) is 0 Å². The van der Waals surface area contributed by atoms with E-state index in [-0.39, 0.29) is 31.9 Å². The summed E-state index contributed by atoms with van der Waals surface area (Å²) in [5.41, 5.74) is -0.313. The number of nitrogens with one attached hydrogen (secondary N) is 2. The Bertz CT molecular complexity index is 627. The van der Waals surface area contributed by atoms with Crippen LogP contribution in [0, 0.1) is 5.41 Å². The van der Waals surface area contributed by atoms with Crippen LogP contribution in [0.3, 0.4) is 0 Å². The fourth-order valence-electron chi connectivity index (χ4n) is 2.58.